The molecule has 0 bridgehead atoms. The number of hydrogen-bond donors (Lipinski definition) is 1. The number of nitrogens with zero attached hydrogens (tertiary/aromatic N) is 2. The van der Waals surface area contributed by atoms with Gasteiger partial charge in [-0.15, -0.1) is 0 Å². The molecule has 3 amide bonds. The summed E-state index contributed by atoms with van der Waals surface area (Å²) in [5.41, 5.74) is 3.47. The third-order valence-corrected chi connectivity index (χ3v) is 5.50. The van der Waals surface area contributed by atoms with Crippen LogP contribution < -0.4 is 5.32 Å². The first-order valence-corrected chi connectivity index (χ1v) is 10.6. The van der Waals surface area contributed by atoms with Gasteiger partial charge in [-0.25, -0.2) is 0 Å². The lowest BCUT2D eigenvalue weighted by Gasteiger charge is -2.33. The van der Waals surface area contributed by atoms with Gasteiger partial charge in [0.2, 0.25) is 0 Å². The Morgan fingerprint density at radius 2 is 1.12 bits per heavy atom. The van der Waals surface area contributed by atoms with Crippen LogP contribution in [0.1, 0.15) is 27.0 Å². The van der Waals surface area contributed by atoms with Crippen molar-refractivity contribution in [2.45, 2.75) is 19.6 Å². The molecule has 1 N–H and O–H groups in total. The molecule has 1 aliphatic rings. The summed E-state index contributed by atoms with van der Waals surface area (Å²) in [7, 11) is 0. The van der Waals surface area contributed by atoms with E-state index in [4.69, 9.17) is 0 Å². The number of benzene rings is 3. The molecule has 1 saturated heterocycles. The van der Waals surface area contributed by atoms with E-state index in [2.05, 4.69) is 5.32 Å². The Bertz CT molecular complexity index is 1080. The third-order valence-electron chi connectivity index (χ3n) is 5.50. The molecule has 162 valence electrons. The molecule has 4 rings (SSSR count). The van der Waals surface area contributed by atoms with Crippen molar-refractivity contribution in [3.8, 4) is 0 Å². The molecular formula is C26H25N3O3. The second-order valence-electron chi connectivity index (χ2n) is 7.80. The molecule has 0 saturated carbocycles. The monoisotopic (exact) mass is 427 g/mol. The summed E-state index contributed by atoms with van der Waals surface area (Å²) in [5.74, 6) is -1.12. The number of nitrogens with one attached hydrogen (secondary N) is 1. The minimum absolute atomic E-state index is 0.152. The van der Waals surface area contributed by atoms with Crippen LogP contribution in [0.3, 0.4) is 0 Å². The molecule has 32 heavy (non-hydrogen) atoms. The van der Waals surface area contributed by atoms with E-state index in [0.717, 1.165) is 16.7 Å². The van der Waals surface area contributed by atoms with Crippen LogP contribution in [0.25, 0.3) is 0 Å². The van der Waals surface area contributed by atoms with Gasteiger partial charge in [0.25, 0.3) is 5.91 Å². The van der Waals surface area contributed by atoms with Crippen LogP contribution in [0, 0.1) is 0 Å². The van der Waals surface area contributed by atoms with Crippen LogP contribution >= 0.6 is 0 Å². The van der Waals surface area contributed by atoms with Gasteiger partial charge < -0.3 is 15.1 Å². The normalized spacial score (nSPS) is 13.9. The smallest absolute Gasteiger partial charge is 0.312 e. The lowest BCUT2D eigenvalue weighted by atomic mass is 10.1. The highest BCUT2D eigenvalue weighted by Crippen LogP contribution is 2.14. The van der Waals surface area contributed by atoms with E-state index in [-0.39, 0.29) is 5.91 Å². The average Bonchev–Trinajstić information content (AvgIpc) is 2.84. The van der Waals surface area contributed by atoms with Gasteiger partial charge in [0.05, 0.1) is 0 Å². The van der Waals surface area contributed by atoms with E-state index in [1.165, 1.54) is 0 Å². The zero-order valence-electron chi connectivity index (χ0n) is 17.7. The van der Waals surface area contributed by atoms with Crippen LogP contribution in [-0.4, -0.2) is 40.6 Å². The standard InChI is InChI=1S/C26H25N3O3/c30-24(27-17-20-7-3-1-4-8-20)23-13-11-22(12-14-23)19-29-16-15-28(25(31)26(29)32)18-21-9-5-2-6-10-21/h1-14H,15-19H2,(H,27,30). The van der Waals surface area contributed by atoms with Gasteiger partial charge in [-0.3, -0.25) is 14.4 Å². The summed E-state index contributed by atoms with van der Waals surface area (Å²) in [6.45, 7) is 2.23. The van der Waals surface area contributed by atoms with Gasteiger partial charge in [-0.2, -0.15) is 0 Å². The van der Waals surface area contributed by atoms with Crippen molar-refractivity contribution in [3.05, 3.63) is 107 Å². The van der Waals surface area contributed by atoms with Crippen molar-refractivity contribution in [2.24, 2.45) is 0 Å². The molecular weight excluding hydrogens is 402 g/mol. The Labute approximate surface area is 187 Å². The molecule has 6 heteroatoms. The quantitative estimate of drug-likeness (QED) is 0.590. The van der Waals surface area contributed by atoms with Crippen LogP contribution in [0.4, 0.5) is 0 Å². The van der Waals surface area contributed by atoms with Gasteiger partial charge in [-0.1, -0.05) is 72.8 Å². The van der Waals surface area contributed by atoms with Crippen LogP contribution in [0.2, 0.25) is 0 Å². The Kier molecular flexibility index (Phi) is 6.60. The number of amides is 3. The highest BCUT2D eigenvalue weighted by atomic mass is 16.2. The van der Waals surface area contributed by atoms with Gasteiger partial charge in [0.15, 0.2) is 0 Å². The predicted molar refractivity (Wildman–Crippen MR) is 121 cm³/mol. The van der Waals surface area contributed by atoms with E-state index in [1.54, 1.807) is 21.9 Å². The topological polar surface area (TPSA) is 69.7 Å². The van der Waals surface area contributed by atoms with E-state index in [9.17, 15) is 14.4 Å². The Morgan fingerprint density at radius 1 is 0.656 bits per heavy atom. The van der Waals surface area contributed by atoms with Crippen molar-refractivity contribution in [1.82, 2.24) is 15.1 Å². The number of carbonyl (C=O) groups excluding carboxylic acids is 3. The van der Waals surface area contributed by atoms with Crippen LogP contribution in [-0.2, 0) is 29.2 Å². The molecule has 3 aromatic carbocycles. The SMILES string of the molecule is O=C(NCc1ccccc1)c1ccc(CN2CCN(Cc3ccccc3)C(=O)C2=O)cc1. The minimum atomic E-state index is -0.489. The summed E-state index contributed by atoms with van der Waals surface area (Å²) >= 11 is 0. The van der Waals surface area contributed by atoms with Crippen molar-refractivity contribution in [1.29, 1.82) is 0 Å². The van der Waals surface area contributed by atoms with Crippen LogP contribution in [0.15, 0.2) is 84.9 Å². The Balaban J connectivity index is 1.31. The summed E-state index contributed by atoms with van der Waals surface area (Å²) < 4.78 is 0. The van der Waals surface area contributed by atoms with E-state index < -0.39 is 11.8 Å². The molecule has 6 nitrogen and oxygen atoms in total. The highest BCUT2D eigenvalue weighted by Gasteiger charge is 2.32. The second-order valence-corrected chi connectivity index (χ2v) is 7.80. The fourth-order valence-corrected chi connectivity index (χ4v) is 3.68. The molecule has 0 spiro atoms. The molecule has 0 radical (unpaired) electrons. The first-order valence-electron chi connectivity index (χ1n) is 10.6. The van der Waals surface area contributed by atoms with Crippen molar-refractivity contribution in [3.63, 3.8) is 0 Å². The van der Waals surface area contributed by atoms with Gasteiger partial charge in [-0.05, 0) is 28.8 Å². The maximum Gasteiger partial charge on any atom is 0.312 e. The van der Waals surface area contributed by atoms with E-state index >= 15 is 0 Å². The summed E-state index contributed by atoms with van der Waals surface area (Å²) in [4.78, 5) is 40.7. The first-order chi connectivity index (χ1) is 15.6. The first kappa shape index (κ1) is 21.3. The van der Waals surface area contributed by atoms with Gasteiger partial charge in [0, 0.05) is 38.3 Å². The number of rotatable bonds is 7. The lowest BCUT2D eigenvalue weighted by molar-refractivity contribution is -0.156. The Morgan fingerprint density at radius 3 is 1.66 bits per heavy atom. The third kappa shape index (κ3) is 5.21. The van der Waals surface area contributed by atoms with Gasteiger partial charge in [0.1, 0.15) is 0 Å². The molecule has 0 unspecified atom stereocenters. The zero-order chi connectivity index (χ0) is 22.3. The molecule has 1 fully saturated rings. The lowest BCUT2D eigenvalue weighted by Crippen LogP contribution is -2.53. The number of hydrogen-bond acceptors (Lipinski definition) is 3. The Hall–Kier alpha value is -3.93. The fourth-order valence-electron chi connectivity index (χ4n) is 3.68. The minimum Gasteiger partial charge on any atom is -0.348 e. The predicted octanol–water partition coefficient (Wildman–Crippen LogP) is 2.99. The fraction of sp³-hybridized carbons (Fsp3) is 0.192. The molecule has 3 aromatic rings. The molecule has 1 aliphatic heterocycles. The summed E-state index contributed by atoms with van der Waals surface area (Å²) in [6, 6.07) is 26.5. The van der Waals surface area contributed by atoms with E-state index in [1.807, 2.05) is 72.8 Å². The molecule has 0 aliphatic carbocycles. The number of carbonyl (C=O) groups is 3. The number of piperazine rings is 1. The van der Waals surface area contributed by atoms with Crippen molar-refractivity contribution >= 4 is 17.7 Å². The van der Waals surface area contributed by atoms with E-state index in [0.29, 0.717) is 38.3 Å². The summed E-state index contributed by atoms with van der Waals surface area (Å²) in [5, 5.41) is 2.90. The maximum atomic E-state index is 12.6. The van der Waals surface area contributed by atoms with Crippen molar-refractivity contribution < 1.29 is 14.4 Å². The van der Waals surface area contributed by atoms with Crippen LogP contribution in [0.5, 0.6) is 0 Å². The maximum absolute atomic E-state index is 12.6. The summed E-state index contributed by atoms with van der Waals surface area (Å²) in [6.07, 6.45) is 0. The largest absolute Gasteiger partial charge is 0.348 e. The molecule has 0 aromatic heterocycles. The average molecular weight is 428 g/mol. The highest BCUT2D eigenvalue weighted by molar-refractivity contribution is 6.35. The zero-order valence-corrected chi connectivity index (χ0v) is 17.7. The second kappa shape index (κ2) is 9.92. The van der Waals surface area contributed by atoms with Crippen molar-refractivity contribution in [2.75, 3.05) is 13.1 Å². The van der Waals surface area contributed by atoms with Gasteiger partial charge >= 0.3 is 11.8 Å². The molecule has 0 atom stereocenters. The molecule has 1 heterocycles.